The van der Waals surface area contributed by atoms with Crippen LogP contribution in [0, 0.1) is 0 Å². The first kappa shape index (κ1) is 2.41. The van der Waals surface area contributed by atoms with Crippen molar-refractivity contribution in [2.75, 3.05) is 0 Å². The second kappa shape index (κ2) is 0.560. The van der Waals surface area contributed by atoms with E-state index in [9.17, 15) is 0 Å². The minimum absolute atomic E-state index is 0.0741. The Morgan fingerprint density at radius 2 is 1.75 bits per heavy atom. The first-order valence-electron chi connectivity index (χ1n) is 1.16. The van der Waals surface area contributed by atoms with Crippen molar-refractivity contribution in [2.45, 2.75) is 0 Å². The fourth-order valence-corrected chi connectivity index (χ4v) is 1.13. The van der Waals surface area contributed by atoms with Crippen molar-refractivity contribution >= 4 is 18.1 Å². The van der Waals surface area contributed by atoms with E-state index in [1.54, 1.807) is 0 Å². The Kier molecular flexibility index (Phi) is 0.338. The molecule has 0 amide bonds. The zero-order valence-corrected chi connectivity index (χ0v) is 4.15. The molecule has 0 unspecified atom stereocenters. The summed E-state index contributed by atoms with van der Waals surface area (Å²) in [6.45, 7) is 0. The van der Waals surface area contributed by atoms with Gasteiger partial charge >= 0.3 is 0 Å². The molecule has 0 aliphatic carbocycles. The number of rotatable bonds is 0. The molecule has 0 spiro atoms. The van der Waals surface area contributed by atoms with Gasteiger partial charge in [0, 0.05) is 9.76 Å². The monoisotopic (exact) mass is 82.0 g/mol. The SMILES string of the molecule is [Si][Si]1C=C1. The zero-order chi connectivity index (χ0) is 2.99. The van der Waals surface area contributed by atoms with Crippen molar-refractivity contribution < 1.29 is 0 Å². The summed E-state index contributed by atoms with van der Waals surface area (Å²) in [7, 11) is 3.34. The maximum Gasteiger partial charge on any atom is 0.0818 e. The Bertz CT molecular complexity index is 42.0. The summed E-state index contributed by atoms with van der Waals surface area (Å²) in [6.07, 6.45) is 0. The Balaban J connectivity index is 2.32. The maximum absolute atomic E-state index is 3.41. The molecule has 0 saturated heterocycles. The van der Waals surface area contributed by atoms with E-state index >= 15 is 0 Å². The Morgan fingerprint density at radius 1 is 1.50 bits per heavy atom. The lowest BCUT2D eigenvalue weighted by molar-refractivity contribution is 2.81. The fraction of sp³-hybridized carbons (Fsp3) is 0. The molecule has 1 rings (SSSR count). The summed E-state index contributed by atoms with van der Waals surface area (Å²) in [5.41, 5.74) is 4.36. The highest BCUT2D eigenvalue weighted by Gasteiger charge is 2.01. The quantitative estimate of drug-likeness (QED) is 0.355. The Hall–Kier alpha value is 0.174. The summed E-state index contributed by atoms with van der Waals surface area (Å²) < 4.78 is 0. The van der Waals surface area contributed by atoms with Crippen LogP contribution >= 0.6 is 0 Å². The first-order valence-corrected chi connectivity index (χ1v) is 4.32. The van der Waals surface area contributed by atoms with Gasteiger partial charge in [0.25, 0.3) is 0 Å². The minimum Gasteiger partial charge on any atom is -0.103 e. The predicted molar refractivity (Wildman–Crippen MR) is 20.6 cm³/mol. The van der Waals surface area contributed by atoms with E-state index in [2.05, 4.69) is 21.2 Å². The van der Waals surface area contributed by atoms with Crippen LogP contribution in [0.25, 0.3) is 0 Å². The molecule has 1 aliphatic heterocycles. The molecule has 0 aromatic carbocycles. The molecule has 0 nitrogen and oxygen atoms in total. The molecule has 4 heavy (non-hydrogen) atoms. The molecule has 2 heteroatoms. The topological polar surface area (TPSA) is 0 Å². The summed E-state index contributed by atoms with van der Waals surface area (Å²) in [6, 6.07) is 0. The lowest BCUT2D eigenvalue weighted by Crippen LogP contribution is -1.82. The van der Waals surface area contributed by atoms with Gasteiger partial charge in [-0.2, -0.15) is 0 Å². The van der Waals surface area contributed by atoms with Gasteiger partial charge in [-0.05, 0) is 0 Å². The first-order chi connectivity index (χ1) is 1.89. The average Bonchev–Trinajstić information content (AvgIpc) is 1.75. The van der Waals surface area contributed by atoms with E-state index in [0.29, 0.717) is 0 Å². The van der Waals surface area contributed by atoms with Crippen LogP contribution in [0.5, 0.6) is 0 Å². The molecule has 4 radical (unpaired) electrons. The highest BCUT2D eigenvalue weighted by molar-refractivity contribution is 7.15. The lowest BCUT2D eigenvalue weighted by atomic mass is 11.3. The van der Waals surface area contributed by atoms with Crippen LogP contribution in [0.1, 0.15) is 0 Å². The highest BCUT2D eigenvalue weighted by atomic mass is 29.1. The normalized spacial score (nSPS) is 22.2. The van der Waals surface area contributed by atoms with Gasteiger partial charge in [0.2, 0.25) is 0 Å². The molecule has 0 bridgehead atoms. The van der Waals surface area contributed by atoms with Crippen LogP contribution < -0.4 is 0 Å². The van der Waals surface area contributed by atoms with E-state index in [4.69, 9.17) is 0 Å². The zero-order valence-electron chi connectivity index (χ0n) is 2.15. The molecule has 0 atom stereocenters. The summed E-state index contributed by atoms with van der Waals surface area (Å²) in [5.74, 6) is 0. The van der Waals surface area contributed by atoms with Gasteiger partial charge in [0.05, 0.1) is 8.31 Å². The van der Waals surface area contributed by atoms with Gasteiger partial charge in [0.15, 0.2) is 0 Å². The van der Waals surface area contributed by atoms with E-state index < -0.39 is 0 Å². The number of hydrogen-bond acceptors (Lipinski definition) is 0. The molecule has 18 valence electrons. The van der Waals surface area contributed by atoms with Gasteiger partial charge in [-0.3, -0.25) is 0 Å². The fourth-order valence-electron chi connectivity index (χ4n) is 0.0417. The van der Waals surface area contributed by atoms with E-state index in [1.165, 1.54) is 0 Å². The molecule has 1 aliphatic rings. The van der Waals surface area contributed by atoms with Crippen LogP contribution in [0.3, 0.4) is 0 Å². The summed E-state index contributed by atoms with van der Waals surface area (Å²) >= 11 is 0. The van der Waals surface area contributed by atoms with Crippen molar-refractivity contribution in [3.63, 3.8) is 0 Å². The largest absolute Gasteiger partial charge is 0.103 e. The second-order valence-corrected chi connectivity index (χ2v) is 4.10. The van der Waals surface area contributed by atoms with Gasteiger partial charge in [-0.1, -0.05) is 0 Å². The van der Waals surface area contributed by atoms with Crippen LogP contribution in [0.15, 0.2) is 11.4 Å². The van der Waals surface area contributed by atoms with Gasteiger partial charge in [-0.25, -0.2) is 0 Å². The van der Waals surface area contributed by atoms with Gasteiger partial charge in [0.1, 0.15) is 0 Å². The highest BCUT2D eigenvalue weighted by Crippen LogP contribution is 1.93. The minimum atomic E-state index is -0.0741. The van der Waals surface area contributed by atoms with Crippen LogP contribution in [-0.4, -0.2) is 18.1 Å². The van der Waals surface area contributed by atoms with E-state index in [-0.39, 0.29) is 8.31 Å². The molecular weight excluding hydrogens is 80.2 g/mol. The van der Waals surface area contributed by atoms with E-state index in [0.717, 1.165) is 0 Å². The van der Waals surface area contributed by atoms with Crippen LogP contribution in [0.4, 0.5) is 0 Å². The third-order valence-corrected chi connectivity index (χ3v) is 2.00. The molecule has 0 fully saturated rings. The third kappa shape index (κ3) is 0.297. The maximum atomic E-state index is 3.41. The second-order valence-electron chi connectivity index (χ2n) is 0.789. The Morgan fingerprint density at radius 3 is 1.75 bits per heavy atom. The lowest BCUT2D eigenvalue weighted by Gasteiger charge is -1.51. The smallest absolute Gasteiger partial charge is 0.0818 e. The van der Waals surface area contributed by atoms with Crippen molar-refractivity contribution in [3.05, 3.63) is 11.4 Å². The van der Waals surface area contributed by atoms with Crippen LogP contribution in [0.2, 0.25) is 0 Å². The molecule has 0 aromatic rings. The third-order valence-electron chi connectivity index (χ3n) is 0.333. The predicted octanol–water partition coefficient (Wildman–Crippen LogP) is -0.205. The summed E-state index contributed by atoms with van der Waals surface area (Å²) in [5, 5.41) is 0. The molecule has 0 aromatic heterocycles. The standard InChI is InChI=1S/C2H2Si2/c3-4-1-2-4/h1-2H. The van der Waals surface area contributed by atoms with Crippen molar-refractivity contribution in [3.8, 4) is 0 Å². The van der Waals surface area contributed by atoms with E-state index in [1.807, 2.05) is 0 Å². The molecular formula is C2H2Si2. The molecule has 0 N–H and O–H groups in total. The van der Waals surface area contributed by atoms with Crippen LogP contribution in [-0.2, 0) is 0 Å². The molecule has 0 saturated carbocycles. The van der Waals surface area contributed by atoms with Crippen molar-refractivity contribution in [2.24, 2.45) is 0 Å². The average molecular weight is 82.2 g/mol. The van der Waals surface area contributed by atoms with Gasteiger partial charge < -0.3 is 0 Å². The number of hydrogen-bond donors (Lipinski definition) is 0. The van der Waals surface area contributed by atoms with Crippen molar-refractivity contribution in [1.82, 2.24) is 0 Å². The summed E-state index contributed by atoms with van der Waals surface area (Å²) in [4.78, 5) is 0. The van der Waals surface area contributed by atoms with Crippen molar-refractivity contribution in [1.29, 1.82) is 0 Å². The van der Waals surface area contributed by atoms with Gasteiger partial charge in [-0.15, -0.1) is 11.4 Å². The molecule has 1 heterocycles. The Labute approximate surface area is 30.3 Å².